The molecule has 3 nitrogen and oxygen atoms in total. The summed E-state index contributed by atoms with van der Waals surface area (Å²) < 4.78 is 18.6. The van der Waals surface area contributed by atoms with Crippen LogP contribution in [-0.4, -0.2) is 26.2 Å². The normalized spacial score (nSPS) is 17.1. The number of rotatable bonds is 3. The highest BCUT2D eigenvalue weighted by Crippen LogP contribution is 2.23. The maximum atomic E-state index is 13.5. The molecule has 0 bridgehead atoms. The van der Waals surface area contributed by atoms with E-state index in [0.717, 1.165) is 25.9 Å². The molecular weight excluding hydrogens is 207 g/mol. The van der Waals surface area contributed by atoms with Crippen molar-refractivity contribution < 1.29 is 9.13 Å². The quantitative estimate of drug-likeness (QED) is 0.824. The topological polar surface area (TPSA) is 33.3 Å². The smallest absolute Gasteiger partial charge is 0.146 e. The van der Waals surface area contributed by atoms with Gasteiger partial charge < -0.3 is 15.4 Å². The summed E-state index contributed by atoms with van der Waals surface area (Å²) >= 11 is 0. The number of piperidine rings is 1. The Kier molecular flexibility index (Phi) is 3.62. The molecule has 0 atom stereocenters. The third kappa shape index (κ3) is 2.64. The lowest BCUT2D eigenvalue weighted by atomic mass is 10.1. The van der Waals surface area contributed by atoms with Crippen LogP contribution in [0.2, 0.25) is 0 Å². The van der Waals surface area contributed by atoms with Crippen LogP contribution in [0.15, 0.2) is 18.2 Å². The van der Waals surface area contributed by atoms with Crippen molar-refractivity contribution in [1.29, 1.82) is 0 Å². The molecule has 1 heterocycles. The van der Waals surface area contributed by atoms with E-state index < -0.39 is 0 Å². The van der Waals surface area contributed by atoms with Gasteiger partial charge in [-0.25, -0.2) is 4.39 Å². The monoisotopic (exact) mass is 224 g/mol. The maximum absolute atomic E-state index is 13.5. The fourth-order valence-corrected chi connectivity index (χ4v) is 1.93. The molecule has 0 aromatic heterocycles. The standard InChI is InChI=1S/C12H17FN2O/c1-16-10-2-3-11(13)12(8-10)15-9-4-6-14-7-5-9/h2-3,8-9,14-15H,4-7H2,1H3. The number of methoxy groups -OCH3 is 1. The van der Waals surface area contributed by atoms with Gasteiger partial charge in [0.05, 0.1) is 12.8 Å². The molecule has 1 aromatic rings. The number of nitrogens with one attached hydrogen (secondary N) is 2. The lowest BCUT2D eigenvalue weighted by molar-refractivity contribution is 0.413. The number of hydrogen-bond acceptors (Lipinski definition) is 3. The molecule has 1 aliphatic rings. The number of halogens is 1. The van der Waals surface area contributed by atoms with E-state index in [9.17, 15) is 4.39 Å². The molecule has 0 aliphatic carbocycles. The van der Waals surface area contributed by atoms with Gasteiger partial charge in [0.2, 0.25) is 0 Å². The molecule has 0 unspecified atom stereocenters. The largest absolute Gasteiger partial charge is 0.497 e. The van der Waals surface area contributed by atoms with Crippen molar-refractivity contribution in [2.24, 2.45) is 0 Å². The van der Waals surface area contributed by atoms with Crippen LogP contribution in [0.4, 0.5) is 10.1 Å². The lowest BCUT2D eigenvalue weighted by Gasteiger charge is -2.25. The number of benzene rings is 1. The average Bonchev–Trinajstić information content (AvgIpc) is 2.33. The van der Waals surface area contributed by atoms with Crippen molar-refractivity contribution in [2.75, 3.05) is 25.5 Å². The summed E-state index contributed by atoms with van der Waals surface area (Å²) in [4.78, 5) is 0. The molecule has 0 spiro atoms. The Labute approximate surface area is 95.0 Å². The summed E-state index contributed by atoms with van der Waals surface area (Å²) in [5, 5.41) is 6.51. The summed E-state index contributed by atoms with van der Waals surface area (Å²) in [6.45, 7) is 1.98. The molecule has 4 heteroatoms. The third-order valence-corrected chi connectivity index (χ3v) is 2.87. The Hall–Kier alpha value is -1.29. The molecule has 0 saturated carbocycles. The van der Waals surface area contributed by atoms with Gasteiger partial charge in [-0.3, -0.25) is 0 Å². The van der Waals surface area contributed by atoms with Crippen LogP contribution in [0.1, 0.15) is 12.8 Å². The van der Waals surface area contributed by atoms with E-state index in [1.807, 2.05) is 0 Å². The van der Waals surface area contributed by atoms with Crippen LogP contribution < -0.4 is 15.4 Å². The Morgan fingerprint density at radius 1 is 1.38 bits per heavy atom. The predicted molar refractivity (Wildman–Crippen MR) is 62.5 cm³/mol. The van der Waals surface area contributed by atoms with Gasteiger partial charge in [0, 0.05) is 12.1 Å². The molecule has 1 aliphatic heterocycles. The zero-order valence-corrected chi connectivity index (χ0v) is 9.42. The van der Waals surface area contributed by atoms with Gasteiger partial charge in [-0.1, -0.05) is 0 Å². The van der Waals surface area contributed by atoms with Crippen LogP contribution >= 0.6 is 0 Å². The fraction of sp³-hybridized carbons (Fsp3) is 0.500. The Balaban J connectivity index is 2.06. The van der Waals surface area contributed by atoms with Gasteiger partial charge in [0.25, 0.3) is 0 Å². The van der Waals surface area contributed by atoms with Crippen molar-refractivity contribution >= 4 is 5.69 Å². The molecular formula is C12H17FN2O. The van der Waals surface area contributed by atoms with E-state index in [1.54, 1.807) is 19.2 Å². The van der Waals surface area contributed by atoms with Crippen molar-refractivity contribution in [3.05, 3.63) is 24.0 Å². The van der Waals surface area contributed by atoms with E-state index in [1.165, 1.54) is 6.07 Å². The highest BCUT2D eigenvalue weighted by atomic mass is 19.1. The first-order valence-corrected chi connectivity index (χ1v) is 5.60. The molecule has 0 amide bonds. The van der Waals surface area contributed by atoms with Crippen molar-refractivity contribution in [2.45, 2.75) is 18.9 Å². The SMILES string of the molecule is COc1ccc(F)c(NC2CCNCC2)c1. The second-order valence-corrected chi connectivity index (χ2v) is 4.01. The van der Waals surface area contributed by atoms with Crippen molar-refractivity contribution in [3.8, 4) is 5.75 Å². The summed E-state index contributed by atoms with van der Waals surface area (Å²) in [6.07, 6.45) is 2.05. The van der Waals surface area contributed by atoms with E-state index >= 15 is 0 Å². The number of hydrogen-bond donors (Lipinski definition) is 2. The van der Waals surface area contributed by atoms with Crippen LogP contribution in [0.25, 0.3) is 0 Å². The van der Waals surface area contributed by atoms with E-state index in [-0.39, 0.29) is 5.82 Å². The second-order valence-electron chi connectivity index (χ2n) is 4.01. The number of anilines is 1. The molecule has 0 radical (unpaired) electrons. The molecule has 1 fully saturated rings. The summed E-state index contributed by atoms with van der Waals surface area (Å²) in [5.41, 5.74) is 0.534. The summed E-state index contributed by atoms with van der Waals surface area (Å²) in [5.74, 6) is 0.456. The van der Waals surface area contributed by atoms with Gasteiger partial charge in [0.15, 0.2) is 0 Å². The molecule has 16 heavy (non-hydrogen) atoms. The van der Waals surface area contributed by atoms with Crippen molar-refractivity contribution in [1.82, 2.24) is 5.32 Å². The minimum Gasteiger partial charge on any atom is -0.497 e. The van der Waals surface area contributed by atoms with Gasteiger partial charge in [0.1, 0.15) is 11.6 Å². The number of ether oxygens (including phenoxy) is 1. The van der Waals surface area contributed by atoms with Crippen LogP contribution in [0, 0.1) is 5.82 Å². The Morgan fingerprint density at radius 3 is 2.81 bits per heavy atom. The van der Waals surface area contributed by atoms with Crippen LogP contribution in [0.3, 0.4) is 0 Å². The molecule has 1 saturated heterocycles. The maximum Gasteiger partial charge on any atom is 0.146 e. The zero-order valence-electron chi connectivity index (χ0n) is 9.42. The first kappa shape index (κ1) is 11.2. The summed E-state index contributed by atoms with van der Waals surface area (Å²) in [7, 11) is 1.58. The highest BCUT2D eigenvalue weighted by molar-refractivity contribution is 5.50. The lowest BCUT2D eigenvalue weighted by Crippen LogP contribution is -2.35. The fourth-order valence-electron chi connectivity index (χ4n) is 1.93. The molecule has 2 rings (SSSR count). The van der Waals surface area contributed by atoms with Gasteiger partial charge in [-0.2, -0.15) is 0 Å². The first-order chi connectivity index (χ1) is 7.79. The average molecular weight is 224 g/mol. The Bertz CT molecular complexity index is 351. The predicted octanol–water partition coefficient (Wildman–Crippen LogP) is 2.00. The van der Waals surface area contributed by atoms with Gasteiger partial charge in [-0.15, -0.1) is 0 Å². The Morgan fingerprint density at radius 2 is 2.12 bits per heavy atom. The highest BCUT2D eigenvalue weighted by Gasteiger charge is 2.14. The zero-order chi connectivity index (χ0) is 11.4. The van der Waals surface area contributed by atoms with Crippen LogP contribution in [-0.2, 0) is 0 Å². The van der Waals surface area contributed by atoms with Gasteiger partial charge >= 0.3 is 0 Å². The van der Waals surface area contributed by atoms with Gasteiger partial charge in [-0.05, 0) is 38.1 Å². The van der Waals surface area contributed by atoms with E-state index in [4.69, 9.17) is 4.74 Å². The van der Waals surface area contributed by atoms with Crippen LogP contribution in [0.5, 0.6) is 5.75 Å². The van der Waals surface area contributed by atoms with E-state index in [0.29, 0.717) is 17.5 Å². The second kappa shape index (κ2) is 5.16. The third-order valence-electron chi connectivity index (χ3n) is 2.87. The molecule has 1 aromatic carbocycles. The first-order valence-electron chi connectivity index (χ1n) is 5.60. The minimum absolute atomic E-state index is 0.223. The molecule has 88 valence electrons. The van der Waals surface area contributed by atoms with Crippen molar-refractivity contribution in [3.63, 3.8) is 0 Å². The summed E-state index contributed by atoms with van der Waals surface area (Å²) in [6, 6.07) is 5.12. The minimum atomic E-state index is -0.223. The van der Waals surface area contributed by atoms with E-state index in [2.05, 4.69) is 10.6 Å². The molecule has 2 N–H and O–H groups in total.